The number of H-pyrrole nitrogens is 1. The Labute approximate surface area is 130 Å². The summed E-state index contributed by atoms with van der Waals surface area (Å²) in [5, 5.41) is 19.3. The second kappa shape index (κ2) is 6.75. The molecule has 22 heavy (non-hydrogen) atoms. The Balaban J connectivity index is 2.07. The molecule has 5 nitrogen and oxygen atoms in total. The molecule has 0 saturated heterocycles. The maximum absolute atomic E-state index is 12.4. The number of aliphatic hydroxyl groups is 1. The first-order valence-corrected chi connectivity index (χ1v) is 7.44. The summed E-state index contributed by atoms with van der Waals surface area (Å²) in [4.78, 5) is 12.4. The number of aromatic nitrogens is 2. The third kappa shape index (κ3) is 4.18. The maximum atomic E-state index is 12.4. The van der Waals surface area contributed by atoms with Crippen LogP contribution in [0.25, 0.3) is 11.3 Å². The number of amides is 1. The second-order valence-corrected chi connectivity index (χ2v) is 6.42. The average molecular weight is 301 g/mol. The van der Waals surface area contributed by atoms with E-state index < -0.39 is 0 Å². The quantitative estimate of drug-likeness (QED) is 0.767. The van der Waals surface area contributed by atoms with Gasteiger partial charge in [0.15, 0.2) is 0 Å². The van der Waals surface area contributed by atoms with Crippen molar-refractivity contribution in [1.29, 1.82) is 0 Å². The lowest BCUT2D eigenvalue weighted by Crippen LogP contribution is -2.35. The van der Waals surface area contributed by atoms with Crippen LogP contribution in [0.15, 0.2) is 36.5 Å². The van der Waals surface area contributed by atoms with Gasteiger partial charge in [-0.05, 0) is 18.8 Å². The van der Waals surface area contributed by atoms with E-state index in [1.165, 1.54) is 0 Å². The van der Waals surface area contributed by atoms with E-state index in [1.54, 1.807) is 13.1 Å². The molecule has 1 aromatic heterocycles. The predicted octanol–water partition coefficient (Wildman–Crippen LogP) is 2.60. The van der Waals surface area contributed by atoms with Crippen molar-refractivity contribution in [1.82, 2.24) is 15.5 Å². The monoisotopic (exact) mass is 301 g/mol. The molecule has 118 valence electrons. The van der Waals surface area contributed by atoms with Crippen LogP contribution in [0.4, 0.5) is 0 Å². The first-order chi connectivity index (χ1) is 10.4. The summed E-state index contributed by atoms with van der Waals surface area (Å²) in [6, 6.07) is 9.63. The fourth-order valence-corrected chi connectivity index (χ4v) is 2.57. The van der Waals surface area contributed by atoms with E-state index >= 15 is 0 Å². The highest BCUT2D eigenvalue weighted by molar-refractivity contribution is 5.99. The molecule has 1 unspecified atom stereocenters. The number of nitrogens with one attached hydrogen (secondary N) is 2. The number of carbonyl (C=O) groups is 1. The number of carbonyl (C=O) groups excluding carboxylic acids is 1. The largest absolute Gasteiger partial charge is 0.393 e. The van der Waals surface area contributed by atoms with Crippen LogP contribution in [0.1, 0.15) is 37.6 Å². The van der Waals surface area contributed by atoms with Gasteiger partial charge in [-0.15, -0.1) is 0 Å². The van der Waals surface area contributed by atoms with Crippen molar-refractivity contribution in [2.45, 2.75) is 33.3 Å². The Morgan fingerprint density at radius 1 is 1.36 bits per heavy atom. The van der Waals surface area contributed by atoms with Gasteiger partial charge in [0, 0.05) is 12.1 Å². The van der Waals surface area contributed by atoms with Gasteiger partial charge in [-0.25, -0.2) is 0 Å². The molecule has 0 aliphatic rings. The Bertz CT molecular complexity index is 618. The maximum Gasteiger partial charge on any atom is 0.255 e. The summed E-state index contributed by atoms with van der Waals surface area (Å²) < 4.78 is 0. The SMILES string of the molecule is CC(O)CC(C)(C)CNC(=O)c1cn[nH]c1-c1ccccc1. The summed E-state index contributed by atoms with van der Waals surface area (Å²) in [6.07, 6.45) is 1.78. The minimum Gasteiger partial charge on any atom is -0.393 e. The van der Waals surface area contributed by atoms with Crippen LogP contribution < -0.4 is 5.32 Å². The average Bonchev–Trinajstić information content (AvgIpc) is 2.94. The number of benzene rings is 1. The van der Waals surface area contributed by atoms with Gasteiger partial charge in [-0.2, -0.15) is 5.10 Å². The Morgan fingerprint density at radius 3 is 2.68 bits per heavy atom. The van der Waals surface area contributed by atoms with Crippen molar-refractivity contribution in [2.24, 2.45) is 5.41 Å². The van der Waals surface area contributed by atoms with Crippen molar-refractivity contribution >= 4 is 5.91 Å². The highest BCUT2D eigenvalue weighted by atomic mass is 16.3. The minimum absolute atomic E-state index is 0.161. The number of hydrogen-bond donors (Lipinski definition) is 3. The molecular formula is C17H23N3O2. The molecule has 0 bridgehead atoms. The van der Waals surface area contributed by atoms with Gasteiger partial charge in [-0.3, -0.25) is 9.89 Å². The van der Waals surface area contributed by atoms with E-state index in [0.717, 1.165) is 5.56 Å². The topological polar surface area (TPSA) is 78.0 Å². The Hall–Kier alpha value is -2.14. The highest BCUT2D eigenvalue weighted by Crippen LogP contribution is 2.23. The molecule has 1 amide bonds. The molecule has 0 spiro atoms. The Morgan fingerprint density at radius 2 is 2.05 bits per heavy atom. The molecular weight excluding hydrogens is 278 g/mol. The molecule has 3 N–H and O–H groups in total. The summed E-state index contributed by atoms with van der Waals surface area (Å²) in [7, 11) is 0. The Kier molecular flexibility index (Phi) is 4.98. The molecule has 2 aromatic rings. The standard InChI is InChI=1S/C17H23N3O2/c1-12(21)9-17(2,3)11-18-16(22)14-10-19-20-15(14)13-7-5-4-6-8-13/h4-8,10,12,21H,9,11H2,1-3H3,(H,18,22)(H,19,20). The lowest BCUT2D eigenvalue weighted by atomic mass is 9.87. The van der Waals surface area contributed by atoms with E-state index in [2.05, 4.69) is 15.5 Å². The molecule has 1 heterocycles. The van der Waals surface area contributed by atoms with Crippen LogP contribution in [0.2, 0.25) is 0 Å². The van der Waals surface area contributed by atoms with Gasteiger partial charge >= 0.3 is 0 Å². The van der Waals surface area contributed by atoms with E-state index in [0.29, 0.717) is 24.2 Å². The van der Waals surface area contributed by atoms with Crippen LogP contribution in [0.5, 0.6) is 0 Å². The number of rotatable bonds is 6. The molecule has 1 aromatic carbocycles. The van der Waals surface area contributed by atoms with Crippen molar-refractivity contribution in [3.05, 3.63) is 42.1 Å². The summed E-state index contributed by atoms with van der Waals surface area (Å²) in [6.45, 7) is 6.30. The van der Waals surface area contributed by atoms with Crippen LogP contribution in [-0.4, -0.2) is 33.9 Å². The molecule has 0 saturated carbocycles. The lowest BCUT2D eigenvalue weighted by Gasteiger charge is -2.26. The first-order valence-electron chi connectivity index (χ1n) is 7.44. The molecule has 0 radical (unpaired) electrons. The fourth-order valence-electron chi connectivity index (χ4n) is 2.57. The van der Waals surface area contributed by atoms with Crippen molar-refractivity contribution in [2.75, 3.05) is 6.54 Å². The number of nitrogens with zero attached hydrogens (tertiary/aromatic N) is 1. The van der Waals surface area contributed by atoms with Gasteiger partial charge in [0.1, 0.15) is 0 Å². The summed E-state index contributed by atoms with van der Waals surface area (Å²) >= 11 is 0. The third-order valence-corrected chi connectivity index (χ3v) is 3.52. The number of aliphatic hydroxyl groups excluding tert-OH is 1. The lowest BCUT2D eigenvalue weighted by molar-refractivity contribution is 0.0902. The molecule has 2 rings (SSSR count). The summed E-state index contributed by atoms with van der Waals surface area (Å²) in [5.74, 6) is -0.161. The first kappa shape index (κ1) is 16.2. The zero-order valence-electron chi connectivity index (χ0n) is 13.3. The molecule has 5 heteroatoms. The fraction of sp³-hybridized carbons (Fsp3) is 0.412. The van der Waals surface area contributed by atoms with Gasteiger partial charge in [-0.1, -0.05) is 44.2 Å². The van der Waals surface area contributed by atoms with Crippen molar-refractivity contribution in [3.63, 3.8) is 0 Å². The van der Waals surface area contributed by atoms with Gasteiger partial charge in [0.2, 0.25) is 0 Å². The van der Waals surface area contributed by atoms with Gasteiger partial charge < -0.3 is 10.4 Å². The van der Waals surface area contributed by atoms with Crippen LogP contribution >= 0.6 is 0 Å². The van der Waals surface area contributed by atoms with E-state index in [4.69, 9.17) is 0 Å². The van der Waals surface area contributed by atoms with E-state index in [-0.39, 0.29) is 17.4 Å². The summed E-state index contributed by atoms with van der Waals surface area (Å²) in [5.41, 5.74) is 2.00. The normalized spacial score (nSPS) is 12.9. The predicted molar refractivity (Wildman–Crippen MR) is 86.4 cm³/mol. The van der Waals surface area contributed by atoms with Crippen LogP contribution in [-0.2, 0) is 0 Å². The zero-order chi connectivity index (χ0) is 16.2. The van der Waals surface area contributed by atoms with E-state index in [1.807, 2.05) is 44.2 Å². The molecule has 0 aliphatic carbocycles. The van der Waals surface area contributed by atoms with Crippen LogP contribution in [0, 0.1) is 5.41 Å². The third-order valence-electron chi connectivity index (χ3n) is 3.52. The second-order valence-electron chi connectivity index (χ2n) is 6.42. The smallest absolute Gasteiger partial charge is 0.255 e. The van der Waals surface area contributed by atoms with Gasteiger partial charge in [0.05, 0.1) is 23.6 Å². The zero-order valence-corrected chi connectivity index (χ0v) is 13.3. The van der Waals surface area contributed by atoms with Crippen LogP contribution in [0.3, 0.4) is 0 Å². The molecule has 0 aliphatic heterocycles. The minimum atomic E-state index is -0.388. The number of hydrogen-bond acceptors (Lipinski definition) is 3. The van der Waals surface area contributed by atoms with Crippen molar-refractivity contribution in [3.8, 4) is 11.3 Å². The molecule has 0 fully saturated rings. The highest BCUT2D eigenvalue weighted by Gasteiger charge is 2.22. The molecule has 1 atom stereocenters. The van der Waals surface area contributed by atoms with Crippen molar-refractivity contribution < 1.29 is 9.90 Å². The van der Waals surface area contributed by atoms with E-state index in [9.17, 15) is 9.90 Å². The van der Waals surface area contributed by atoms with Gasteiger partial charge in [0.25, 0.3) is 5.91 Å². The number of aromatic amines is 1.